The van der Waals surface area contributed by atoms with Gasteiger partial charge in [0.2, 0.25) is 0 Å². The van der Waals surface area contributed by atoms with E-state index in [0.717, 1.165) is 31.3 Å². The summed E-state index contributed by atoms with van der Waals surface area (Å²) in [6.07, 6.45) is 1.32. The molecule has 1 heterocycles. The molecule has 1 aromatic rings. The van der Waals surface area contributed by atoms with Crippen LogP contribution < -0.4 is 10.1 Å². The fourth-order valence-corrected chi connectivity index (χ4v) is 3.24. The minimum Gasteiger partial charge on any atom is -0.496 e. The van der Waals surface area contributed by atoms with Gasteiger partial charge in [0, 0.05) is 31.7 Å². The fraction of sp³-hybridized carbons (Fsp3) is 0.647. The second kappa shape index (κ2) is 7.78. The Morgan fingerprint density at radius 3 is 2.86 bits per heavy atom. The van der Waals surface area contributed by atoms with Crippen LogP contribution in [-0.2, 0) is 13.1 Å². The number of likely N-dealkylation sites (tertiary alicyclic amines) is 1. The van der Waals surface area contributed by atoms with Crippen molar-refractivity contribution in [1.82, 2.24) is 15.1 Å². The third-order valence-corrected chi connectivity index (χ3v) is 4.22. The van der Waals surface area contributed by atoms with Crippen LogP contribution >= 0.6 is 0 Å². The van der Waals surface area contributed by atoms with Crippen molar-refractivity contribution in [1.29, 1.82) is 0 Å². The third-order valence-electron chi connectivity index (χ3n) is 4.22. The summed E-state index contributed by atoms with van der Waals surface area (Å²) in [4.78, 5) is 4.84. The van der Waals surface area contributed by atoms with E-state index in [4.69, 9.17) is 4.74 Å². The van der Waals surface area contributed by atoms with E-state index in [1.165, 1.54) is 30.6 Å². The van der Waals surface area contributed by atoms with Gasteiger partial charge in [-0.3, -0.25) is 0 Å². The Labute approximate surface area is 129 Å². The monoisotopic (exact) mass is 291 g/mol. The van der Waals surface area contributed by atoms with Crippen LogP contribution in [0.2, 0.25) is 0 Å². The average molecular weight is 291 g/mol. The molecule has 4 nitrogen and oxygen atoms in total. The Morgan fingerprint density at radius 2 is 2.24 bits per heavy atom. The highest BCUT2D eigenvalue weighted by Crippen LogP contribution is 2.23. The zero-order chi connectivity index (χ0) is 15.2. The van der Waals surface area contributed by atoms with E-state index in [1.54, 1.807) is 7.11 Å². The van der Waals surface area contributed by atoms with Gasteiger partial charge in [0.25, 0.3) is 0 Å². The molecule has 1 atom stereocenters. The number of benzene rings is 1. The predicted octanol–water partition coefficient (Wildman–Crippen LogP) is 1.80. The number of ether oxygens (including phenoxy) is 1. The van der Waals surface area contributed by atoms with Crippen LogP contribution in [0.25, 0.3) is 0 Å². The number of hydrogen-bond acceptors (Lipinski definition) is 4. The zero-order valence-corrected chi connectivity index (χ0v) is 13.9. The first-order chi connectivity index (χ1) is 10.1. The zero-order valence-electron chi connectivity index (χ0n) is 13.9. The summed E-state index contributed by atoms with van der Waals surface area (Å²) >= 11 is 0. The van der Waals surface area contributed by atoms with E-state index in [-0.39, 0.29) is 0 Å². The second-order valence-corrected chi connectivity index (χ2v) is 6.29. The van der Waals surface area contributed by atoms with Crippen molar-refractivity contribution >= 4 is 0 Å². The first-order valence-electron chi connectivity index (χ1n) is 7.80. The van der Waals surface area contributed by atoms with Gasteiger partial charge < -0.3 is 19.9 Å². The van der Waals surface area contributed by atoms with Crippen LogP contribution in [0.4, 0.5) is 0 Å². The molecule has 1 N–H and O–H groups in total. The maximum Gasteiger partial charge on any atom is 0.123 e. The van der Waals surface area contributed by atoms with E-state index in [1.807, 2.05) is 7.05 Å². The molecule has 2 rings (SSSR count). The highest BCUT2D eigenvalue weighted by Gasteiger charge is 2.21. The molecule has 0 aliphatic carbocycles. The maximum atomic E-state index is 5.51. The van der Waals surface area contributed by atoms with Gasteiger partial charge in [-0.2, -0.15) is 0 Å². The topological polar surface area (TPSA) is 27.7 Å². The number of nitrogens with one attached hydrogen (secondary N) is 1. The van der Waals surface area contributed by atoms with Gasteiger partial charge in [0.15, 0.2) is 0 Å². The quantitative estimate of drug-likeness (QED) is 0.829. The number of hydrogen-bond donors (Lipinski definition) is 1. The molecule has 4 heteroatoms. The Balaban J connectivity index is 1.97. The van der Waals surface area contributed by atoms with Gasteiger partial charge in [-0.05, 0) is 57.7 Å². The minimum absolute atomic E-state index is 0.798. The van der Waals surface area contributed by atoms with Crippen LogP contribution in [-0.4, -0.2) is 57.7 Å². The van der Waals surface area contributed by atoms with Crippen molar-refractivity contribution < 1.29 is 4.74 Å². The van der Waals surface area contributed by atoms with Gasteiger partial charge in [-0.1, -0.05) is 6.07 Å². The molecule has 0 amide bonds. The molecule has 1 aliphatic rings. The van der Waals surface area contributed by atoms with Gasteiger partial charge in [0.1, 0.15) is 5.75 Å². The molecule has 1 aromatic carbocycles. The smallest absolute Gasteiger partial charge is 0.123 e. The Morgan fingerprint density at radius 1 is 1.43 bits per heavy atom. The number of methoxy groups -OCH3 is 1. The van der Waals surface area contributed by atoms with Gasteiger partial charge in [-0.15, -0.1) is 0 Å². The van der Waals surface area contributed by atoms with Crippen molar-refractivity contribution in [2.24, 2.45) is 5.92 Å². The van der Waals surface area contributed by atoms with Gasteiger partial charge in [0.05, 0.1) is 7.11 Å². The van der Waals surface area contributed by atoms with E-state index in [9.17, 15) is 0 Å². The summed E-state index contributed by atoms with van der Waals surface area (Å²) < 4.78 is 5.51. The molecule has 0 aromatic heterocycles. The standard InChI is InChI=1S/C17H29N3O/c1-18-10-14-5-6-17(21-4)16(9-14)13-20(3)12-15-7-8-19(2)11-15/h5-6,9,15,18H,7-8,10-13H2,1-4H3. The molecule has 0 spiro atoms. The Kier molecular flexibility index (Phi) is 6.03. The van der Waals surface area contributed by atoms with Gasteiger partial charge in [-0.25, -0.2) is 0 Å². The summed E-state index contributed by atoms with van der Waals surface area (Å²) in [5.41, 5.74) is 2.58. The molecule has 0 bridgehead atoms. The van der Waals surface area contributed by atoms with E-state index in [0.29, 0.717) is 0 Å². The molecule has 0 saturated carbocycles. The van der Waals surface area contributed by atoms with Crippen molar-refractivity contribution in [2.75, 3.05) is 47.9 Å². The highest BCUT2D eigenvalue weighted by molar-refractivity contribution is 5.37. The van der Waals surface area contributed by atoms with E-state index >= 15 is 0 Å². The molecule has 21 heavy (non-hydrogen) atoms. The lowest BCUT2D eigenvalue weighted by Crippen LogP contribution is -2.27. The maximum absolute atomic E-state index is 5.51. The van der Waals surface area contributed by atoms with Crippen molar-refractivity contribution in [2.45, 2.75) is 19.5 Å². The predicted molar refractivity (Wildman–Crippen MR) is 87.7 cm³/mol. The average Bonchev–Trinajstić information content (AvgIpc) is 2.84. The largest absolute Gasteiger partial charge is 0.496 e. The van der Waals surface area contributed by atoms with Crippen LogP contribution in [0.5, 0.6) is 5.75 Å². The van der Waals surface area contributed by atoms with Crippen molar-refractivity contribution in [3.05, 3.63) is 29.3 Å². The summed E-state index contributed by atoms with van der Waals surface area (Å²) in [6, 6.07) is 6.47. The first kappa shape index (κ1) is 16.3. The molecule has 0 radical (unpaired) electrons. The summed E-state index contributed by atoms with van der Waals surface area (Å²) in [5.74, 6) is 1.79. The minimum atomic E-state index is 0.798. The summed E-state index contributed by atoms with van der Waals surface area (Å²) in [7, 11) is 8.15. The molecule has 1 saturated heterocycles. The molecule has 1 aliphatic heterocycles. The Bertz CT molecular complexity index is 450. The van der Waals surface area contributed by atoms with Crippen LogP contribution in [0.15, 0.2) is 18.2 Å². The SMILES string of the molecule is CNCc1ccc(OC)c(CN(C)CC2CCN(C)C2)c1. The molecule has 1 fully saturated rings. The summed E-state index contributed by atoms with van der Waals surface area (Å²) in [6.45, 7) is 5.46. The molecule has 1 unspecified atom stereocenters. The number of nitrogens with zero attached hydrogens (tertiary/aromatic N) is 2. The molecular formula is C17H29N3O. The lowest BCUT2D eigenvalue weighted by Gasteiger charge is -2.22. The third kappa shape index (κ3) is 4.70. The Hall–Kier alpha value is -1.10. The first-order valence-corrected chi connectivity index (χ1v) is 7.80. The molecular weight excluding hydrogens is 262 g/mol. The second-order valence-electron chi connectivity index (χ2n) is 6.29. The van der Waals surface area contributed by atoms with Gasteiger partial charge >= 0.3 is 0 Å². The van der Waals surface area contributed by atoms with E-state index < -0.39 is 0 Å². The van der Waals surface area contributed by atoms with Crippen molar-refractivity contribution in [3.8, 4) is 5.75 Å². The number of rotatable bonds is 7. The van der Waals surface area contributed by atoms with Crippen LogP contribution in [0.3, 0.4) is 0 Å². The van der Waals surface area contributed by atoms with E-state index in [2.05, 4.69) is 47.4 Å². The lowest BCUT2D eigenvalue weighted by atomic mass is 10.1. The van der Waals surface area contributed by atoms with Crippen molar-refractivity contribution in [3.63, 3.8) is 0 Å². The summed E-state index contributed by atoms with van der Waals surface area (Å²) in [5, 5.41) is 3.21. The lowest BCUT2D eigenvalue weighted by molar-refractivity contribution is 0.263. The van der Waals surface area contributed by atoms with Crippen LogP contribution in [0.1, 0.15) is 17.5 Å². The highest BCUT2D eigenvalue weighted by atomic mass is 16.5. The fourth-order valence-electron chi connectivity index (χ4n) is 3.24. The van der Waals surface area contributed by atoms with Crippen LogP contribution in [0, 0.1) is 5.92 Å². The molecule has 118 valence electrons. The normalized spacial score (nSPS) is 19.4.